The average Bonchev–Trinajstić information content (AvgIpc) is 2.23. The number of carboxylic acid groups (broad SMARTS) is 1. The Kier molecular flexibility index (Phi) is 7.96. The van der Waals surface area contributed by atoms with Crippen molar-refractivity contribution in [2.24, 2.45) is 0 Å². The molecule has 2 N–H and O–H groups in total. The Bertz CT molecular complexity index is 381. The molecule has 0 aromatic carbocycles. The summed E-state index contributed by atoms with van der Waals surface area (Å²) in [5.41, 5.74) is 0. The van der Waals surface area contributed by atoms with Gasteiger partial charge in [-0.3, -0.25) is 9.59 Å². The Morgan fingerprint density at radius 1 is 1.44 bits per heavy atom. The van der Waals surface area contributed by atoms with Crippen molar-refractivity contribution < 1.29 is 27.9 Å². The van der Waals surface area contributed by atoms with E-state index in [1.165, 1.54) is 11.8 Å². The quantitative estimate of drug-likeness (QED) is 0.561. The van der Waals surface area contributed by atoms with Crippen LogP contribution in [0.5, 0.6) is 0 Å². The predicted octanol–water partition coefficient (Wildman–Crippen LogP) is -0.325. The lowest BCUT2D eigenvalue weighted by atomic mass is 10.2. The van der Waals surface area contributed by atoms with Crippen molar-refractivity contribution in [1.82, 2.24) is 4.72 Å². The fraction of sp³-hybridized carbons (Fsp3) is 0.778. The molecule has 0 amide bonds. The number of ether oxygens (including phenoxy) is 1. The number of sulfonamides is 1. The highest BCUT2D eigenvalue weighted by atomic mass is 32.2. The lowest BCUT2D eigenvalue weighted by Gasteiger charge is -2.13. The van der Waals surface area contributed by atoms with Gasteiger partial charge in [-0.25, -0.2) is 13.1 Å². The first kappa shape index (κ1) is 17.2. The number of carboxylic acids is 1. The monoisotopic (exact) mass is 299 g/mol. The van der Waals surface area contributed by atoms with Crippen LogP contribution in [-0.4, -0.2) is 55.9 Å². The molecule has 0 rings (SSSR count). The van der Waals surface area contributed by atoms with Crippen molar-refractivity contribution in [1.29, 1.82) is 0 Å². The third-order valence-corrected chi connectivity index (χ3v) is 3.75. The highest BCUT2D eigenvalue weighted by Crippen LogP contribution is 2.03. The van der Waals surface area contributed by atoms with Gasteiger partial charge in [-0.05, 0) is 25.4 Å². The minimum absolute atomic E-state index is 0.0726. The van der Waals surface area contributed by atoms with Crippen molar-refractivity contribution in [3.63, 3.8) is 0 Å². The van der Waals surface area contributed by atoms with Crippen molar-refractivity contribution >= 4 is 33.7 Å². The van der Waals surface area contributed by atoms with E-state index in [9.17, 15) is 18.0 Å². The molecule has 7 nitrogen and oxygen atoms in total. The molecule has 0 fully saturated rings. The fourth-order valence-corrected chi connectivity index (χ4v) is 2.69. The summed E-state index contributed by atoms with van der Waals surface area (Å²) in [5.74, 6) is -2.54. The molecule has 0 aliphatic heterocycles. The minimum Gasteiger partial charge on any atom is -0.480 e. The summed E-state index contributed by atoms with van der Waals surface area (Å²) in [6.07, 6.45) is 1.94. The van der Waals surface area contributed by atoms with E-state index in [0.29, 0.717) is 5.75 Å². The Balaban J connectivity index is 4.51. The number of esters is 1. The third kappa shape index (κ3) is 7.51. The number of carbonyl (C=O) groups excluding carboxylic acids is 1. The van der Waals surface area contributed by atoms with E-state index in [2.05, 4.69) is 4.74 Å². The first-order valence-electron chi connectivity index (χ1n) is 5.19. The molecule has 0 saturated carbocycles. The molecule has 0 aromatic rings. The third-order valence-electron chi connectivity index (χ3n) is 1.84. The van der Waals surface area contributed by atoms with Gasteiger partial charge in [-0.15, -0.1) is 0 Å². The Labute approximate surface area is 110 Å². The van der Waals surface area contributed by atoms with Crippen LogP contribution in [-0.2, 0) is 24.3 Å². The summed E-state index contributed by atoms with van der Waals surface area (Å²) >= 11 is 1.41. The summed E-state index contributed by atoms with van der Waals surface area (Å²) in [6, 6.07) is -1.23. The van der Waals surface area contributed by atoms with Gasteiger partial charge in [-0.2, -0.15) is 11.8 Å². The summed E-state index contributed by atoms with van der Waals surface area (Å²) in [6.45, 7) is 1.62. The van der Waals surface area contributed by atoms with Gasteiger partial charge in [-0.1, -0.05) is 0 Å². The van der Waals surface area contributed by atoms with Crippen LogP contribution in [0, 0.1) is 0 Å². The Morgan fingerprint density at radius 3 is 2.50 bits per heavy atom. The molecule has 0 aromatic heterocycles. The van der Waals surface area contributed by atoms with Crippen LogP contribution in [0.4, 0.5) is 0 Å². The number of hydrogen-bond acceptors (Lipinski definition) is 6. The average molecular weight is 299 g/mol. The molecule has 0 unspecified atom stereocenters. The van der Waals surface area contributed by atoms with Crippen LogP contribution in [0.3, 0.4) is 0 Å². The van der Waals surface area contributed by atoms with Crippen LogP contribution >= 0.6 is 11.8 Å². The number of hydrogen-bond donors (Lipinski definition) is 2. The van der Waals surface area contributed by atoms with E-state index >= 15 is 0 Å². The smallest absolute Gasteiger partial charge is 0.322 e. The second-order valence-corrected chi connectivity index (χ2v) is 6.09. The molecule has 1 atom stereocenters. The topological polar surface area (TPSA) is 110 Å². The fourth-order valence-electron chi connectivity index (χ4n) is 1.08. The molecular formula is C9H17NO6S2. The van der Waals surface area contributed by atoms with Crippen LogP contribution in [0.25, 0.3) is 0 Å². The summed E-state index contributed by atoms with van der Waals surface area (Å²) in [4.78, 5) is 21.9. The maximum absolute atomic E-state index is 11.5. The van der Waals surface area contributed by atoms with Gasteiger partial charge in [0, 0.05) is 0 Å². The maximum Gasteiger partial charge on any atom is 0.322 e. The van der Waals surface area contributed by atoms with E-state index in [4.69, 9.17) is 5.11 Å². The van der Waals surface area contributed by atoms with Gasteiger partial charge < -0.3 is 9.84 Å². The molecule has 9 heteroatoms. The van der Waals surface area contributed by atoms with Crippen LogP contribution in [0.15, 0.2) is 0 Å². The van der Waals surface area contributed by atoms with E-state index in [-0.39, 0.29) is 13.0 Å². The van der Waals surface area contributed by atoms with Gasteiger partial charge in [0.25, 0.3) is 0 Å². The van der Waals surface area contributed by atoms with Crippen LogP contribution < -0.4 is 4.72 Å². The van der Waals surface area contributed by atoms with Crippen molar-refractivity contribution in [3.05, 3.63) is 0 Å². The number of thioether (sulfide) groups is 1. The zero-order chi connectivity index (χ0) is 14.2. The maximum atomic E-state index is 11.5. The second kappa shape index (κ2) is 8.33. The van der Waals surface area contributed by atoms with Gasteiger partial charge in [0.2, 0.25) is 10.0 Å². The highest BCUT2D eigenvalue weighted by molar-refractivity contribution is 7.98. The van der Waals surface area contributed by atoms with Gasteiger partial charge in [0.1, 0.15) is 6.04 Å². The highest BCUT2D eigenvalue weighted by Gasteiger charge is 2.25. The van der Waals surface area contributed by atoms with Gasteiger partial charge in [0.15, 0.2) is 5.75 Å². The Hall–Kier alpha value is -0.800. The van der Waals surface area contributed by atoms with Crippen molar-refractivity contribution in [3.8, 4) is 0 Å². The van der Waals surface area contributed by atoms with E-state index in [0.717, 1.165) is 0 Å². The molecule has 0 saturated heterocycles. The molecule has 0 aliphatic rings. The molecule has 0 spiro atoms. The summed E-state index contributed by atoms with van der Waals surface area (Å²) in [5, 5.41) is 8.85. The van der Waals surface area contributed by atoms with Gasteiger partial charge >= 0.3 is 11.9 Å². The van der Waals surface area contributed by atoms with E-state index < -0.39 is 33.8 Å². The molecule has 0 bridgehead atoms. The SMILES string of the molecule is CCOC(=O)CS(=O)(=O)N[C@@H](CCSC)C(=O)O. The van der Waals surface area contributed by atoms with Gasteiger partial charge in [0.05, 0.1) is 6.61 Å². The summed E-state index contributed by atoms with van der Waals surface area (Å²) < 4.78 is 29.5. The van der Waals surface area contributed by atoms with Crippen LogP contribution in [0.2, 0.25) is 0 Å². The first-order chi connectivity index (χ1) is 8.32. The molecule has 0 radical (unpaired) electrons. The largest absolute Gasteiger partial charge is 0.480 e. The van der Waals surface area contributed by atoms with E-state index in [1.807, 2.05) is 4.72 Å². The van der Waals surface area contributed by atoms with Crippen molar-refractivity contribution in [2.45, 2.75) is 19.4 Å². The standard InChI is InChI=1S/C9H17NO6S2/c1-3-16-8(11)6-18(14,15)10-7(9(12)13)4-5-17-2/h7,10H,3-6H2,1-2H3,(H,12,13)/t7-/m0/s1. The number of nitrogens with one attached hydrogen (secondary N) is 1. The molecule has 0 heterocycles. The van der Waals surface area contributed by atoms with Crippen molar-refractivity contribution in [2.75, 3.05) is 24.4 Å². The molecular weight excluding hydrogens is 282 g/mol. The zero-order valence-corrected chi connectivity index (χ0v) is 11.8. The number of rotatable bonds is 9. The zero-order valence-electron chi connectivity index (χ0n) is 10.2. The normalized spacial score (nSPS) is 13.0. The second-order valence-electron chi connectivity index (χ2n) is 3.35. The lowest BCUT2D eigenvalue weighted by Crippen LogP contribution is -2.43. The molecule has 0 aliphatic carbocycles. The summed E-state index contributed by atoms with van der Waals surface area (Å²) in [7, 11) is -3.99. The minimum atomic E-state index is -3.99. The number of carbonyl (C=O) groups is 2. The van der Waals surface area contributed by atoms with E-state index in [1.54, 1.807) is 13.2 Å². The molecule has 106 valence electrons. The van der Waals surface area contributed by atoms with Crippen LogP contribution in [0.1, 0.15) is 13.3 Å². The Morgan fingerprint density at radius 2 is 2.06 bits per heavy atom. The predicted molar refractivity (Wildman–Crippen MR) is 68.0 cm³/mol. The molecule has 18 heavy (non-hydrogen) atoms. The number of aliphatic carboxylic acids is 1. The first-order valence-corrected chi connectivity index (χ1v) is 8.24. The lowest BCUT2D eigenvalue weighted by molar-refractivity contribution is -0.141.